The zero-order valence-electron chi connectivity index (χ0n) is 12.4. The zero-order valence-corrected chi connectivity index (χ0v) is 12.4. The van der Waals surface area contributed by atoms with Crippen LogP contribution >= 0.6 is 0 Å². The Morgan fingerprint density at radius 1 is 1.35 bits per heavy atom. The lowest BCUT2D eigenvalue weighted by atomic mass is 10.2. The standard InChI is InChI=1S/C14H23N3O3/c1-4-6-8-19-9-7-15-14-16-10-12(11(3)17-14)13(18)20-5-2/h10H,4-9H2,1-3H3,(H,15,16,17). The van der Waals surface area contributed by atoms with Crippen molar-refractivity contribution >= 4 is 11.9 Å². The van der Waals surface area contributed by atoms with E-state index < -0.39 is 0 Å². The molecule has 0 saturated heterocycles. The second-order valence-corrected chi connectivity index (χ2v) is 4.31. The number of nitrogens with zero attached hydrogens (tertiary/aromatic N) is 2. The van der Waals surface area contributed by atoms with Gasteiger partial charge in [-0.25, -0.2) is 14.8 Å². The maximum Gasteiger partial charge on any atom is 0.341 e. The summed E-state index contributed by atoms with van der Waals surface area (Å²) in [5, 5.41) is 3.06. The van der Waals surface area contributed by atoms with Gasteiger partial charge in [-0.05, 0) is 20.3 Å². The number of anilines is 1. The van der Waals surface area contributed by atoms with Gasteiger partial charge in [-0.1, -0.05) is 13.3 Å². The molecule has 0 unspecified atom stereocenters. The van der Waals surface area contributed by atoms with Crippen molar-refractivity contribution < 1.29 is 14.3 Å². The Hall–Kier alpha value is -1.69. The van der Waals surface area contributed by atoms with E-state index in [0.29, 0.717) is 37.0 Å². The highest BCUT2D eigenvalue weighted by atomic mass is 16.5. The molecule has 0 aliphatic heterocycles. The number of hydrogen-bond donors (Lipinski definition) is 1. The third-order valence-electron chi connectivity index (χ3n) is 2.65. The van der Waals surface area contributed by atoms with Crippen LogP contribution in [0.4, 0.5) is 5.95 Å². The molecule has 6 nitrogen and oxygen atoms in total. The Labute approximate surface area is 119 Å². The van der Waals surface area contributed by atoms with Crippen LogP contribution in [0.3, 0.4) is 0 Å². The molecule has 0 radical (unpaired) electrons. The Morgan fingerprint density at radius 2 is 2.15 bits per heavy atom. The highest BCUT2D eigenvalue weighted by Gasteiger charge is 2.12. The molecule has 1 rings (SSSR count). The molecule has 0 bridgehead atoms. The third-order valence-corrected chi connectivity index (χ3v) is 2.65. The van der Waals surface area contributed by atoms with Gasteiger partial charge in [0.1, 0.15) is 0 Å². The van der Waals surface area contributed by atoms with E-state index in [0.717, 1.165) is 19.4 Å². The van der Waals surface area contributed by atoms with Crippen LogP contribution in [-0.4, -0.2) is 42.3 Å². The predicted octanol–water partition coefficient (Wildman–Crippen LogP) is 2.19. The summed E-state index contributed by atoms with van der Waals surface area (Å²) in [7, 11) is 0. The average molecular weight is 281 g/mol. The van der Waals surface area contributed by atoms with Gasteiger partial charge in [0.25, 0.3) is 0 Å². The number of rotatable bonds is 9. The summed E-state index contributed by atoms with van der Waals surface area (Å²) >= 11 is 0. The smallest absolute Gasteiger partial charge is 0.341 e. The van der Waals surface area contributed by atoms with Crippen LogP contribution in [0.1, 0.15) is 42.7 Å². The van der Waals surface area contributed by atoms with Gasteiger partial charge >= 0.3 is 5.97 Å². The predicted molar refractivity (Wildman–Crippen MR) is 76.9 cm³/mol. The molecule has 0 spiro atoms. The number of carbonyl (C=O) groups excluding carboxylic acids is 1. The molecule has 1 N–H and O–H groups in total. The monoisotopic (exact) mass is 281 g/mol. The number of carbonyl (C=O) groups is 1. The topological polar surface area (TPSA) is 73.3 Å². The van der Waals surface area contributed by atoms with E-state index in [1.165, 1.54) is 6.20 Å². The normalized spacial score (nSPS) is 10.3. The van der Waals surface area contributed by atoms with Crippen molar-refractivity contribution in [3.05, 3.63) is 17.5 Å². The lowest BCUT2D eigenvalue weighted by molar-refractivity contribution is 0.0524. The molecule has 1 aromatic rings. The number of ether oxygens (including phenoxy) is 2. The maximum absolute atomic E-state index is 11.6. The van der Waals surface area contributed by atoms with Crippen LogP contribution in [0, 0.1) is 6.92 Å². The molecule has 0 fully saturated rings. The quantitative estimate of drug-likeness (QED) is 0.552. The molecule has 0 aliphatic rings. The van der Waals surface area contributed by atoms with Crippen LogP contribution in [0.5, 0.6) is 0 Å². The van der Waals surface area contributed by atoms with E-state index in [1.54, 1.807) is 13.8 Å². The van der Waals surface area contributed by atoms with Crippen molar-refractivity contribution in [2.45, 2.75) is 33.6 Å². The fourth-order valence-electron chi connectivity index (χ4n) is 1.54. The van der Waals surface area contributed by atoms with Gasteiger partial charge in [0.2, 0.25) is 5.95 Å². The zero-order chi connectivity index (χ0) is 14.8. The summed E-state index contributed by atoms with van der Waals surface area (Å²) in [6.45, 7) is 8.03. The minimum atomic E-state index is -0.389. The summed E-state index contributed by atoms with van der Waals surface area (Å²) in [5.41, 5.74) is 1.00. The largest absolute Gasteiger partial charge is 0.462 e. The van der Waals surface area contributed by atoms with E-state index in [4.69, 9.17) is 9.47 Å². The average Bonchev–Trinajstić information content (AvgIpc) is 2.43. The van der Waals surface area contributed by atoms with Gasteiger partial charge in [0, 0.05) is 19.3 Å². The van der Waals surface area contributed by atoms with Gasteiger partial charge < -0.3 is 14.8 Å². The van der Waals surface area contributed by atoms with Crippen LogP contribution in [0.15, 0.2) is 6.20 Å². The Kier molecular flexibility index (Phi) is 7.57. The highest BCUT2D eigenvalue weighted by Crippen LogP contribution is 2.08. The summed E-state index contributed by atoms with van der Waals surface area (Å²) in [6.07, 6.45) is 3.69. The maximum atomic E-state index is 11.6. The number of nitrogens with one attached hydrogen (secondary N) is 1. The first-order chi connectivity index (χ1) is 9.69. The summed E-state index contributed by atoms with van der Waals surface area (Å²) in [5.74, 6) is 0.106. The van der Waals surface area contributed by atoms with Crippen LogP contribution < -0.4 is 5.32 Å². The summed E-state index contributed by atoms with van der Waals surface area (Å²) < 4.78 is 10.4. The van der Waals surface area contributed by atoms with Crippen molar-refractivity contribution in [1.82, 2.24) is 9.97 Å². The van der Waals surface area contributed by atoms with E-state index in [2.05, 4.69) is 22.2 Å². The van der Waals surface area contributed by atoms with E-state index >= 15 is 0 Å². The Bertz CT molecular complexity index is 424. The molecule has 112 valence electrons. The lowest BCUT2D eigenvalue weighted by Crippen LogP contribution is -2.14. The number of hydrogen-bond acceptors (Lipinski definition) is 6. The van der Waals surface area contributed by atoms with E-state index in [-0.39, 0.29) is 5.97 Å². The van der Waals surface area contributed by atoms with E-state index in [1.807, 2.05) is 0 Å². The minimum absolute atomic E-state index is 0.341. The minimum Gasteiger partial charge on any atom is -0.462 e. The van der Waals surface area contributed by atoms with Crippen molar-refractivity contribution in [2.24, 2.45) is 0 Å². The number of aromatic nitrogens is 2. The van der Waals surface area contributed by atoms with Gasteiger partial charge in [0.15, 0.2) is 0 Å². The molecule has 1 aromatic heterocycles. The summed E-state index contributed by atoms with van der Waals surface area (Å²) in [6, 6.07) is 0. The molecular formula is C14H23N3O3. The van der Waals surface area contributed by atoms with Gasteiger partial charge in [0.05, 0.1) is 24.5 Å². The van der Waals surface area contributed by atoms with Gasteiger partial charge in [-0.15, -0.1) is 0 Å². The number of aryl methyl sites for hydroxylation is 1. The first-order valence-electron chi connectivity index (χ1n) is 7.01. The molecule has 6 heteroatoms. The second-order valence-electron chi connectivity index (χ2n) is 4.31. The van der Waals surface area contributed by atoms with Gasteiger partial charge in [-0.3, -0.25) is 0 Å². The first kappa shape index (κ1) is 16.4. The fraction of sp³-hybridized carbons (Fsp3) is 0.643. The van der Waals surface area contributed by atoms with E-state index in [9.17, 15) is 4.79 Å². The van der Waals surface area contributed by atoms with Crippen molar-refractivity contribution in [2.75, 3.05) is 31.7 Å². The van der Waals surface area contributed by atoms with Gasteiger partial charge in [-0.2, -0.15) is 0 Å². The fourth-order valence-corrected chi connectivity index (χ4v) is 1.54. The molecule has 20 heavy (non-hydrogen) atoms. The molecule has 1 heterocycles. The SMILES string of the molecule is CCCCOCCNc1ncc(C(=O)OCC)c(C)n1. The summed E-state index contributed by atoms with van der Waals surface area (Å²) in [4.78, 5) is 19.9. The molecule has 0 aliphatic carbocycles. The Morgan fingerprint density at radius 3 is 2.80 bits per heavy atom. The van der Waals surface area contributed by atoms with Crippen LogP contribution in [0.2, 0.25) is 0 Å². The molecule has 0 aromatic carbocycles. The Balaban J connectivity index is 2.41. The van der Waals surface area contributed by atoms with Crippen LogP contribution in [0.25, 0.3) is 0 Å². The van der Waals surface area contributed by atoms with Crippen molar-refractivity contribution in [3.8, 4) is 0 Å². The highest BCUT2D eigenvalue weighted by molar-refractivity contribution is 5.90. The lowest BCUT2D eigenvalue weighted by Gasteiger charge is -2.08. The second kappa shape index (κ2) is 9.25. The first-order valence-corrected chi connectivity index (χ1v) is 7.01. The number of unbranched alkanes of at least 4 members (excludes halogenated alkanes) is 1. The van der Waals surface area contributed by atoms with Crippen molar-refractivity contribution in [1.29, 1.82) is 0 Å². The van der Waals surface area contributed by atoms with Crippen LogP contribution in [-0.2, 0) is 9.47 Å². The molecule has 0 amide bonds. The van der Waals surface area contributed by atoms with Crippen molar-refractivity contribution in [3.63, 3.8) is 0 Å². The molecule has 0 atom stereocenters. The molecule has 0 saturated carbocycles. The third kappa shape index (κ3) is 5.52. The molecular weight excluding hydrogens is 258 g/mol. The number of esters is 1.